The number of azide groups is 1. The van der Waals surface area contributed by atoms with Crippen LogP contribution >= 0.6 is 0 Å². The maximum atomic E-state index is 8.58. The van der Waals surface area contributed by atoms with Crippen molar-refractivity contribution >= 4 is 5.69 Å². The first kappa shape index (κ1) is 11.9. The van der Waals surface area contributed by atoms with Crippen LogP contribution in [-0.2, 0) is 0 Å². The van der Waals surface area contributed by atoms with Gasteiger partial charge in [0.05, 0.1) is 12.5 Å². The molecule has 16 heavy (non-hydrogen) atoms. The van der Waals surface area contributed by atoms with E-state index >= 15 is 0 Å². The van der Waals surface area contributed by atoms with Gasteiger partial charge in [0.2, 0.25) is 0 Å². The van der Waals surface area contributed by atoms with E-state index in [1.165, 1.54) is 0 Å². The van der Waals surface area contributed by atoms with Gasteiger partial charge in [-0.1, -0.05) is 23.3 Å². The van der Waals surface area contributed by atoms with Gasteiger partial charge in [0, 0.05) is 30.2 Å². The second kappa shape index (κ2) is 7.16. The van der Waals surface area contributed by atoms with Gasteiger partial charge in [0.25, 0.3) is 0 Å². The summed E-state index contributed by atoms with van der Waals surface area (Å²) in [6.45, 7) is 1.70. The van der Waals surface area contributed by atoms with Gasteiger partial charge in [0.15, 0.2) is 0 Å². The molecule has 0 unspecified atom stereocenters. The molecule has 5 heteroatoms. The molecule has 0 atom stereocenters. The second-order valence-electron chi connectivity index (χ2n) is 3.19. The van der Waals surface area contributed by atoms with E-state index in [1.54, 1.807) is 0 Å². The van der Waals surface area contributed by atoms with Gasteiger partial charge < -0.3 is 4.90 Å². The lowest BCUT2D eigenvalue weighted by atomic mass is 10.2. The van der Waals surface area contributed by atoms with Crippen LogP contribution in [0.1, 0.15) is 6.42 Å². The zero-order valence-electron chi connectivity index (χ0n) is 8.95. The number of rotatable bonds is 6. The third kappa shape index (κ3) is 3.91. The Balaban J connectivity index is 2.63. The Morgan fingerprint density at radius 3 is 2.69 bits per heavy atom. The Morgan fingerprint density at radius 2 is 2.06 bits per heavy atom. The highest BCUT2D eigenvalue weighted by atomic mass is 15.2. The molecule has 1 aromatic rings. The number of benzene rings is 1. The third-order valence-corrected chi connectivity index (χ3v) is 2.15. The maximum Gasteiger partial charge on any atom is 0.0640 e. The topological polar surface area (TPSA) is 75.8 Å². The van der Waals surface area contributed by atoms with Crippen LogP contribution in [-0.4, -0.2) is 19.6 Å². The highest BCUT2D eigenvalue weighted by Gasteiger charge is 2.04. The van der Waals surface area contributed by atoms with Crippen molar-refractivity contribution in [3.8, 4) is 6.07 Å². The molecule has 82 valence electrons. The van der Waals surface area contributed by atoms with Crippen LogP contribution in [0.5, 0.6) is 0 Å². The monoisotopic (exact) mass is 215 g/mol. The van der Waals surface area contributed by atoms with Gasteiger partial charge in [-0.15, -0.1) is 0 Å². The predicted octanol–water partition coefficient (Wildman–Crippen LogP) is 2.72. The van der Waals surface area contributed by atoms with Gasteiger partial charge in [-0.05, 0) is 17.7 Å². The maximum absolute atomic E-state index is 8.58. The predicted molar refractivity (Wildman–Crippen MR) is 62.9 cm³/mol. The minimum absolute atomic E-state index is 0.414. The lowest BCUT2D eigenvalue weighted by Crippen LogP contribution is -2.26. The van der Waals surface area contributed by atoms with Crippen molar-refractivity contribution < 1.29 is 0 Å². The minimum atomic E-state index is 0.414. The number of hydrogen-bond donors (Lipinski definition) is 0. The summed E-state index contributed by atoms with van der Waals surface area (Å²) in [5.74, 6) is 0. The molecule has 0 radical (unpaired) electrons. The number of nitriles is 1. The molecule has 0 aliphatic heterocycles. The van der Waals surface area contributed by atoms with Crippen LogP contribution in [0.2, 0.25) is 0 Å². The first-order valence-corrected chi connectivity index (χ1v) is 5.06. The molecule has 0 saturated carbocycles. The summed E-state index contributed by atoms with van der Waals surface area (Å²) in [6, 6.07) is 11.9. The SMILES string of the molecule is N#CCCN(CCN=[N+]=[N-])c1ccccc1. The highest BCUT2D eigenvalue weighted by molar-refractivity contribution is 5.46. The molecule has 0 bridgehead atoms. The van der Waals surface area contributed by atoms with E-state index in [2.05, 4.69) is 16.1 Å². The molecule has 1 aromatic carbocycles. The second-order valence-corrected chi connectivity index (χ2v) is 3.19. The molecule has 5 nitrogen and oxygen atoms in total. The molecule has 0 heterocycles. The molecule has 0 N–H and O–H groups in total. The van der Waals surface area contributed by atoms with E-state index in [4.69, 9.17) is 10.8 Å². The van der Waals surface area contributed by atoms with Crippen LogP contribution in [0, 0.1) is 11.3 Å². The van der Waals surface area contributed by atoms with E-state index in [9.17, 15) is 0 Å². The molecule has 0 saturated heterocycles. The smallest absolute Gasteiger partial charge is 0.0640 e. The van der Waals surface area contributed by atoms with Gasteiger partial charge >= 0.3 is 0 Å². The Morgan fingerprint density at radius 1 is 1.31 bits per heavy atom. The summed E-state index contributed by atoms with van der Waals surface area (Å²) >= 11 is 0. The fourth-order valence-electron chi connectivity index (χ4n) is 1.40. The van der Waals surface area contributed by atoms with Crippen molar-refractivity contribution in [2.75, 3.05) is 24.5 Å². The van der Waals surface area contributed by atoms with Crippen LogP contribution in [0.4, 0.5) is 5.69 Å². The van der Waals surface area contributed by atoms with Crippen LogP contribution in [0.25, 0.3) is 10.4 Å². The van der Waals surface area contributed by atoms with E-state index in [-0.39, 0.29) is 0 Å². The van der Waals surface area contributed by atoms with Crippen molar-refractivity contribution in [2.45, 2.75) is 6.42 Å². The zero-order chi connectivity index (χ0) is 11.6. The van der Waals surface area contributed by atoms with Crippen molar-refractivity contribution in [3.05, 3.63) is 40.8 Å². The fraction of sp³-hybridized carbons (Fsp3) is 0.364. The zero-order valence-corrected chi connectivity index (χ0v) is 8.95. The Labute approximate surface area is 94.5 Å². The number of anilines is 1. The summed E-state index contributed by atoms with van der Waals surface area (Å²) in [5.41, 5.74) is 9.26. The first-order chi connectivity index (χ1) is 7.88. The van der Waals surface area contributed by atoms with Crippen LogP contribution < -0.4 is 4.90 Å². The lowest BCUT2D eigenvalue weighted by Gasteiger charge is -2.22. The van der Waals surface area contributed by atoms with Crippen molar-refractivity contribution in [3.63, 3.8) is 0 Å². The summed E-state index contributed by atoms with van der Waals surface area (Å²) in [6.07, 6.45) is 0.463. The van der Waals surface area contributed by atoms with Crippen molar-refractivity contribution in [1.29, 1.82) is 5.26 Å². The third-order valence-electron chi connectivity index (χ3n) is 2.15. The van der Waals surface area contributed by atoms with Crippen LogP contribution in [0.15, 0.2) is 35.4 Å². The van der Waals surface area contributed by atoms with Gasteiger partial charge in [-0.25, -0.2) is 0 Å². The van der Waals surface area contributed by atoms with E-state index in [0.717, 1.165) is 5.69 Å². The van der Waals surface area contributed by atoms with Gasteiger partial charge in [0.1, 0.15) is 0 Å². The summed E-state index contributed by atoms with van der Waals surface area (Å²) in [7, 11) is 0. The molecular formula is C11H13N5. The highest BCUT2D eigenvalue weighted by Crippen LogP contribution is 2.12. The summed E-state index contributed by atoms with van der Waals surface area (Å²) in [4.78, 5) is 4.75. The number of para-hydroxylation sites is 1. The number of hydrogen-bond acceptors (Lipinski definition) is 3. The quantitative estimate of drug-likeness (QED) is 0.415. The molecule has 0 amide bonds. The van der Waals surface area contributed by atoms with Crippen LogP contribution in [0.3, 0.4) is 0 Å². The molecule has 0 fully saturated rings. The molecule has 1 rings (SSSR count). The first-order valence-electron chi connectivity index (χ1n) is 5.06. The van der Waals surface area contributed by atoms with E-state index in [0.29, 0.717) is 26.1 Å². The Kier molecular flexibility index (Phi) is 5.32. The number of nitrogens with zero attached hydrogens (tertiary/aromatic N) is 5. The lowest BCUT2D eigenvalue weighted by molar-refractivity contribution is 0.786. The normalized spacial score (nSPS) is 8.94. The van der Waals surface area contributed by atoms with E-state index < -0.39 is 0 Å². The molecule has 0 spiro atoms. The van der Waals surface area contributed by atoms with Gasteiger partial charge in [-0.2, -0.15) is 5.26 Å². The average Bonchev–Trinajstić information content (AvgIpc) is 2.35. The van der Waals surface area contributed by atoms with Gasteiger partial charge in [-0.3, -0.25) is 0 Å². The largest absolute Gasteiger partial charge is 0.370 e. The standard InChI is InChI=1S/C11H13N5/c12-7-4-9-16(10-8-14-15-13)11-5-2-1-3-6-11/h1-3,5-6H,4,8-10H2. The molecule has 0 aromatic heterocycles. The molecule has 0 aliphatic carbocycles. The average molecular weight is 215 g/mol. The molecule has 0 aliphatic rings. The molecular weight excluding hydrogens is 202 g/mol. The summed E-state index contributed by atoms with van der Waals surface area (Å²) in [5, 5.41) is 12.1. The van der Waals surface area contributed by atoms with Crippen molar-refractivity contribution in [1.82, 2.24) is 0 Å². The minimum Gasteiger partial charge on any atom is -0.370 e. The van der Waals surface area contributed by atoms with Crippen molar-refractivity contribution in [2.24, 2.45) is 5.11 Å². The van der Waals surface area contributed by atoms with E-state index in [1.807, 2.05) is 35.2 Å². The Hall–Kier alpha value is -2.18. The fourth-order valence-corrected chi connectivity index (χ4v) is 1.40. The summed E-state index contributed by atoms with van der Waals surface area (Å²) < 4.78 is 0. The Bertz CT molecular complexity index is 389.